The minimum absolute atomic E-state index is 0.190. The highest BCUT2D eigenvalue weighted by Gasteiger charge is 2.15. The summed E-state index contributed by atoms with van der Waals surface area (Å²) in [6, 6.07) is 11.5. The Labute approximate surface area is 139 Å². The van der Waals surface area contributed by atoms with Crippen LogP contribution in [0.25, 0.3) is 0 Å². The Morgan fingerprint density at radius 1 is 1.19 bits per heavy atom. The number of aromatic hydroxyl groups is 1. The van der Waals surface area contributed by atoms with Crippen molar-refractivity contribution < 1.29 is 9.90 Å². The number of amides is 1. The van der Waals surface area contributed by atoms with Crippen molar-refractivity contribution in [2.75, 3.05) is 5.32 Å². The Kier molecular flexibility index (Phi) is 5.39. The number of phenols is 1. The van der Waals surface area contributed by atoms with E-state index in [2.05, 4.69) is 37.2 Å². The number of rotatable bonds is 4. The molecule has 2 aromatic rings. The fourth-order valence-corrected chi connectivity index (χ4v) is 2.50. The van der Waals surface area contributed by atoms with Crippen LogP contribution in [0.5, 0.6) is 5.75 Å². The fraction of sp³-hybridized carbons (Fsp3) is 0.133. The van der Waals surface area contributed by atoms with E-state index in [-0.39, 0.29) is 11.7 Å². The second kappa shape index (κ2) is 7.06. The highest BCUT2D eigenvalue weighted by Crippen LogP contribution is 2.26. The number of anilines is 1. The van der Waals surface area contributed by atoms with Gasteiger partial charge in [-0.3, -0.25) is 4.79 Å². The number of carbonyl (C=O) groups is 1. The molecule has 0 aliphatic rings. The van der Waals surface area contributed by atoms with Gasteiger partial charge in [0.2, 0.25) is 5.91 Å². The second-order valence-electron chi connectivity index (χ2n) is 4.59. The van der Waals surface area contributed by atoms with Gasteiger partial charge in [0.25, 0.3) is 0 Å². The van der Waals surface area contributed by atoms with Crippen LogP contribution >= 0.6 is 31.9 Å². The molecule has 0 aromatic heterocycles. The first-order valence-electron chi connectivity index (χ1n) is 6.25. The quantitative estimate of drug-likeness (QED) is 0.718. The van der Waals surface area contributed by atoms with Gasteiger partial charge in [-0.1, -0.05) is 28.1 Å². The van der Waals surface area contributed by atoms with E-state index >= 15 is 0 Å². The maximum atomic E-state index is 12.1. The Balaban J connectivity index is 2.02. The maximum absolute atomic E-state index is 12.1. The molecule has 1 atom stereocenters. The Hall–Kier alpha value is -1.37. The van der Waals surface area contributed by atoms with Crippen LogP contribution in [0.1, 0.15) is 5.56 Å². The molecule has 4 nitrogen and oxygen atoms in total. The lowest BCUT2D eigenvalue weighted by Gasteiger charge is -2.13. The third-order valence-electron chi connectivity index (χ3n) is 2.92. The monoisotopic (exact) mass is 412 g/mol. The van der Waals surface area contributed by atoms with Gasteiger partial charge < -0.3 is 16.2 Å². The van der Waals surface area contributed by atoms with Gasteiger partial charge in [0.15, 0.2) is 0 Å². The summed E-state index contributed by atoms with van der Waals surface area (Å²) in [5, 5.41) is 12.0. The topological polar surface area (TPSA) is 75.3 Å². The lowest BCUT2D eigenvalue weighted by Crippen LogP contribution is -2.37. The molecule has 0 aliphatic carbocycles. The summed E-state index contributed by atoms with van der Waals surface area (Å²) < 4.78 is 1.66. The second-order valence-corrected chi connectivity index (χ2v) is 6.36. The Morgan fingerprint density at radius 3 is 2.52 bits per heavy atom. The summed E-state index contributed by atoms with van der Waals surface area (Å²) in [6.45, 7) is 0. The van der Waals surface area contributed by atoms with Gasteiger partial charge in [-0.2, -0.15) is 0 Å². The van der Waals surface area contributed by atoms with Crippen molar-refractivity contribution in [1.29, 1.82) is 0 Å². The number of carbonyl (C=O) groups excluding carboxylic acids is 1. The number of phenolic OH excluding ortho intramolecular Hbond substituents is 1. The normalized spacial score (nSPS) is 12.0. The van der Waals surface area contributed by atoms with Crippen LogP contribution < -0.4 is 11.1 Å². The fourth-order valence-electron chi connectivity index (χ4n) is 1.80. The molecule has 2 rings (SSSR count). The first kappa shape index (κ1) is 16.0. The molecular weight excluding hydrogens is 400 g/mol. The molecule has 0 fully saturated rings. The number of nitrogens with two attached hydrogens (primary N) is 1. The van der Waals surface area contributed by atoms with Gasteiger partial charge in [0.05, 0.1) is 11.7 Å². The van der Waals surface area contributed by atoms with Gasteiger partial charge in [0.1, 0.15) is 5.75 Å². The number of hydrogen-bond donors (Lipinski definition) is 3. The van der Waals surface area contributed by atoms with Gasteiger partial charge >= 0.3 is 0 Å². The highest BCUT2D eigenvalue weighted by atomic mass is 79.9. The number of halogens is 2. The van der Waals surface area contributed by atoms with Gasteiger partial charge in [0, 0.05) is 8.95 Å². The molecule has 0 bridgehead atoms. The summed E-state index contributed by atoms with van der Waals surface area (Å²) in [5.74, 6) is -0.0725. The molecule has 110 valence electrons. The largest absolute Gasteiger partial charge is 0.508 e. The molecule has 2 aromatic carbocycles. The van der Waals surface area contributed by atoms with E-state index in [0.717, 1.165) is 14.5 Å². The first-order valence-corrected chi connectivity index (χ1v) is 7.83. The highest BCUT2D eigenvalue weighted by molar-refractivity contribution is 9.11. The van der Waals surface area contributed by atoms with Crippen molar-refractivity contribution >= 4 is 43.5 Å². The summed E-state index contributed by atoms with van der Waals surface area (Å²) in [6.07, 6.45) is 0.401. The van der Waals surface area contributed by atoms with Crippen molar-refractivity contribution in [2.45, 2.75) is 12.5 Å². The average Bonchev–Trinajstić information content (AvgIpc) is 2.45. The summed E-state index contributed by atoms with van der Waals surface area (Å²) in [5.41, 5.74) is 7.48. The molecule has 1 unspecified atom stereocenters. The molecule has 0 saturated heterocycles. The summed E-state index contributed by atoms with van der Waals surface area (Å²) in [7, 11) is 0. The van der Waals surface area contributed by atoms with Crippen LogP contribution in [0.2, 0.25) is 0 Å². The Bertz CT molecular complexity index is 645. The summed E-state index contributed by atoms with van der Waals surface area (Å²) >= 11 is 6.74. The van der Waals surface area contributed by atoms with Crippen LogP contribution in [0.4, 0.5) is 5.69 Å². The van der Waals surface area contributed by atoms with Crippen molar-refractivity contribution in [3.8, 4) is 5.75 Å². The van der Waals surface area contributed by atoms with E-state index in [1.54, 1.807) is 30.3 Å². The molecule has 0 aliphatic heterocycles. The molecule has 4 N–H and O–H groups in total. The molecule has 0 radical (unpaired) electrons. The number of hydrogen-bond acceptors (Lipinski definition) is 3. The van der Waals surface area contributed by atoms with Gasteiger partial charge in [-0.15, -0.1) is 0 Å². The van der Waals surface area contributed by atoms with E-state index in [4.69, 9.17) is 5.73 Å². The molecule has 0 spiro atoms. The molecule has 21 heavy (non-hydrogen) atoms. The molecule has 1 amide bonds. The van der Waals surface area contributed by atoms with E-state index in [1.807, 2.05) is 12.1 Å². The predicted molar refractivity (Wildman–Crippen MR) is 90.3 cm³/mol. The predicted octanol–water partition coefficient (Wildman–Crippen LogP) is 3.43. The summed E-state index contributed by atoms with van der Waals surface area (Å²) in [4.78, 5) is 12.1. The van der Waals surface area contributed by atoms with E-state index in [0.29, 0.717) is 12.1 Å². The van der Waals surface area contributed by atoms with Gasteiger partial charge in [-0.05, 0) is 58.2 Å². The number of benzene rings is 2. The molecule has 0 heterocycles. The number of nitrogens with one attached hydrogen (secondary N) is 1. The molecule has 6 heteroatoms. The zero-order valence-corrected chi connectivity index (χ0v) is 14.2. The smallest absolute Gasteiger partial charge is 0.241 e. The van der Waals surface area contributed by atoms with Crippen molar-refractivity contribution in [3.05, 3.63) is 57.0 Å². The average molecular weight is 414 g/mol. The minimum Gasteiger partial charge on any atom is -0.508 e. The first-order chi connectivity index (χ1) is 9.95. The van der Waals surface area contributed by atoms with Crippen LogP contribution in [0.15, 0.2) is 51.4 Å². The van der Waals surface area contributed by atoms with E-state index < -0.39 is 6.04 Å². The zero-order valence-electron chi connectivity index (χ0n) is 11.0. The molecule has 0 saturated carbocycles. The minimum atomic E-state index is -0.666. The standard InChI is InChI=1S/C15H14Br2N2O2/c16-10-3-6-12(17)14(8-10)19-15(21)13(18)7-9-1-4-11(20)5-2-9/h1-6,8,13,20H,7,18H2,(H,19,21). The third-order valence-corrected chi connectivity index (χ3v) is 4.10. The van der Waals surface area contributed by atoms with Crippen LogP contribution in [-0.2, 0) is 11.2 Å². The van der Waals surface area contributed by atoms with Crippen molar-refractivity contribution in [1.82, 2.24) is 0 Å². The maximum Gasteiger partial charge on any atom is 0.241 e. The van der Waals surface area contributed by atoms with E-state index in [1.165, 1.54) is 0 Å². The molecular formula is C15H14Br2N2O2. The van der Waals surface area contributed by atoms with Crippen LogP contribution in [0, 0.1) is 0 Å². The lowest BCUT2D eigenvalue weighted by atomic mass is 10.1. The third kappa shape index (κ3) is 4.56. The zero-order chi connectivity index (χ0) is 15.4. The van der Waals surface area contributed by atoms with Crippen LogP contribution in [0.3, 0.4) is 0 Å². The van der Waals surface area contributed by atoms with Gasteiger partial charge in [-0.25, -0.2) is 0 Å². The Morgan fingerprint density at radius 2 is 1.86 bits per heavy atom. The SMILES string of the molecule is NC(Cc1ccc(O)cc1)C(=O)Nc1cc(Br)ccc1Br. The lowest BCUT2D eigenvalue weighted by molar-refractivity contribution is -0.117. The van der Waals surface area contributed by atoms with E-state index in [9.17, 15) is 9.90 Å². The van der Waals surface area contributed by atoms with Crippen LogP contribution in [-0.4, -0.2) is 17.1 Å². The van der Waals surface area contributed by atoms with Crippen molar-refractivity contribution in [3.63, 3.8) is 0 Å². The van der Waals surface area contributed by atoms with Crippen molar-refractivity contribution in [2.24, 2.45) is 5.73 Å².